The zero-order valence-electron chi connectivity index (χ0n) is 13.3. The highest BCUT2D eigenvalue weighted by molar-refractivity contribution is 5.95. The second-order valence-electron chi connectivity index (χ2n) is 6.00. The second-order valence-corrected chi connectivity index (χ2v) is 6.00. The summed E-state index contributed by atoms with van der Waals surface area (Å²) in [5.74, 6) is 0.0685. The summed E-state index contributed by atoms with van der Waals surface area (Å²) in [6.07, 6.45) is 4.51. The van der Waals surface area contributed by atoms with E-state index in [9.17, 15) is 4.79 Å². The number of nitrogens with zero attached hydrogens (tertiary/aromatic N) is 2. The first-order chi connectivity index (χ1) is 11.8. The zero-order chi connectivity index (χ0) is 16.4. The third-order valence-electron chi connectivity index (χ3n) is 4.57. The Balaban J connectivity index is 1.80. The van der Waals surface area contributed by atoms with Crippen LogP contribution in [0.2, 0.25) is 0 Å². The number of carbonyl (C=O) groups is 1. The van der Waals surface area contributed by atoms with E-state index >= 15 is 0 Å². The number of rotatable bonds is 2. The number of hydrogen-bond acceptors (Lipinski definition) is 2. The van der Waals surface area contributed by atoms with Crippen LogP contribution in [0.1, 0.15) is 33.1 Å². The highest BCUT2D eigenvalue weighted by Gasteiger charge is 2.32. The van der Waals surface area contributed by atoms with E-state index < -0.39 is 0 Å². The minimum Gasteiger partial charge on any atom is -0.327 e. The van der Waals surface area contributed by atoms with E-state index in [-0.39, 0.29) is 11.9 Å². The van der Waals surface area contributed by atoms with Crippen molar-refractivity contribution in [2.45, 2.75) is 12.5 Å². The maximum atomic E-state index is 13.1. The van der Waals surface area contributed by atoms with Crippen molar-refractivity contribution >= 4 is 5.91 Å². The third-order valence-corrected chi connectivity index (χ3v) is 4.57. The molecule has 0 fully saturated rings. The van der Waals surface area contributed by atoms with E-state index in [1.54, 1.807) is 6.20 Å². The standard InChI is InChI=1S/C21H18N2O/c24-21(17-8-2-1-3-9-17)23-14-12-16-7-4-5-11-19(16)20(23)18-10-6-13-22-15-18/h1-11,13,15,20H,12,14H2. The number of aromatic nitrogens is 1. The minimum atomic E-state index is -0.0867. The Morgan fingerprint density at radius 1 is 0.958 bits per heavy atom. The molecule has 1 unspecified atom stereocenters. The molecule has 1 atom stereocenters. The van der Waals surface area contributed by atoms with Crippen molar-refractivity contribution in [2.75, 3.05) is 6.54 Å². The van der Waals surface area contributed by atoms with Crippen LogP contribution in [0.4, 0.5) is 0 Å². The molecule has 0 bridgehead atoms. The normalized spacial score (nSPS) is 16.5. The molecular weight excluding hydrogens is 296 g/mol. The summed E-state index contributed by atoms with van der Waals surface area (Å²) in [4.78, 5) is 19.3. The fourth-order valence-corrected chi connectivity index (χ4v) is 3.43. The molecule has 118 valence electrons. The molecule has 24 heavy (non-hydrogen) atoms. The lowest BCUT2D eigenvalue weighted by Crippen LogP contribution is -2.40. The summed E-state index contributed by atoms with van der Waals surface area (Å²) >= 11 is 0. The van der Waals surface area contributed by atoms with Gasteiger partial charge in [0.05, 0.1) is 6.04 Å². The molecule has 1 aromatic heterocycles. The molecule has 2 heterocycles. The molecule has 4 rings (SSSR count). The predicted octanol–water partition coefficient (Wildman–Crippen LogP) is 3.87. The lowest BCUT2D eigenvalue weighted by molar-refractivity contribution is 0.0694. The molecular formula is C21H18N2O. The maximum absolute atomic E-state index is 13.1. The first-order valence-electron chi connectivity index (χ1n) is 8.18. The van der Waals surface area contributed by atoms with Crippen LogP contribution < -0.4 is 0 Å². The van der Waals surface area contributed by atoms with Crippen molar-refractivity contribution in [2.24, 2.45) is 0 Å². The number of carbonyl (C=O) groups excluding carboxylic acids is 1. The minimum absolute atomic E-state index is 0.0685. The van der Waals surface area contributed by atoms with Crippen molar-refractivity contribution < 1.29 is 4.79 Å². The number of pyridine rings is 1. The summed E-state index contributed by atoms with van der Waals surface area (Å²) in [7, 11) is 0. The van der Waals surface area contributed by atoms with Crippen molar-refractivity contribution in [1.82, 2.24) is 9.88 Å². The predicted molar refractivity (Wildman–Crippen MR) is 93.7 cm³/mol. The van der Waals surface area contributed by atoms with E-state index in [4.69, 9.17) is 0 Å². The molecule has 1 aliphatic rings. The Hall–Kier alpha value is -2.94. The number of amides is 1. The van der Waals surface area contributed by atoms with Crippen LogP contribution in [0.15, 0.2) is 79.1 Å². The topological polar surface area (TPSA) is 33.2 Å². The molecule has 0 N–H and O–H groups in total. The number of benzene rings is 2. The van der Waals surface area contributed by atoms with E-state index in [1.807, 2.05) is 59.6 Å². The van der Waals surface area contributed by atoms with Gasteiger partial charge in [0, 0.05) is 24.5 Å². The SMILES string of the molecule is O=C(c1ccccc1)N1CCc2ccccc2C1c1cccnc1. The summed E-state index contributed by atoms with van der Waals surface area (Å²) in [5.41, 5.74) is 4.28. The largest absolute Gasteiger partial charge is 0.327 e. The summed E-state index contributed by atoms with van der Waals surface area (Å²) in [6, 6.07) is 21.8. The molecule has 1 amide bonds. The molecule has 0 saturated carbocycles. The fourth-order valence-electron chi connectivity index (χ4n) is 3.43. The van der Waals surface area contributed by atoms with Crippen LogP contribution >= 0.6 is 0 Å². The average molecular weight is 314 g/mol. The van der Waals surface area contributed by atoms with Crippen LogP contribution in [-0.4, -0.2) is 22.3 Å². The van der Waals surface area contributed by atoms with Gasteiger partial charge in [0.25, 0.3) is 5.91 Å². The third kappa shape index (κ3) is 2.58. The summed E-state index contributed by atoms with van der Waals surface area (Å²) in [6.45, 7) is 0.713. The van der Waals surface area contributed by atoms with Crippen LogP contribution in [0.3, 0.4) is 0 Å². The summed E-state index contributed by atoms with van der Waals surface area (Å²) < 4.78 is 0. The molecule has 2 aromatic carbocycles. The number of hydrogen-bond donors (Lipinski definition) is 0. The molecule has 3 aromatic rings. The van der Waals surface area contributed by atoms with Crippen LogP contribution in [0, 0.1) is 0 Å². The molecule has 3 nitrogen and oxygen atoms in total. The fraction of sp³-hybridized carbons (Fsp3) is 0.143. The Labute approximate surface area is 141 Å². The highest BCUT2D eigenvalue weighted by Crippen LogP contribution is 2.35. The van der Waals surface area contributed by atoms with Crippen molar-refractivity contribution in [1.29, 1.82) is 0 Å². The van der Waals surface area contributed by atoms with Crippen molar-refractivity contribution in [3.8, 4) is 0 Å². The number of fused-ring (bicyclic) bond motifs is 1. The first-order valence-corrected chi connectivity index (χ1v) is 8.18. The Morgan fingerprint density at radius 3 is 2.54 bits per heavy atom. The lowest BCUT2D eigenvalue weighted by atomic mass is 9.88. The quantitative estimate of drug-likeness (QED) is 0.719. The van der Waals surface area contributed by atoms with Gasteiger partial charge < -0.3 is 4.90 Å². The van der Waals surface area contributed by atoms with Crippen LogP contribution in [0.25, 0.3) is 0 Å². The maximum Gasteiger partial charge on any atom is 0.254 e. The molecule has 3 heteroatoms. The van der Waals surface area contributed by atoms with E-state index in [2.05, 4.69) is 23.2 Å². The van der Waals surface area contributed by atoms with Crippen LogP contribution in [0.5, 0.6) is 0 Å². The Kier molecular flexibility index (Phi) is 3.83. The van der Waals surface area contributed by atoms with Crippen molar-refractivity contribution in [3.05, 3.63) is 101 Å². The molecule has 0 radical (unpaired) electrons. The van der Waals surface area contributed by atoms with Crippen LogP contribution in [-0.2, 0) is 6.42 Å². The summed E-state index contributed by atoms with van der Waals surface area (Å²) in [5, 5.41) is 0. The van der Waals surface area contributed by atoms with Gasteiger partial charge in [-0.3, -0.25) is 9.78 Å². The average Bonchev–Trinajstić information content (AvgIpc) is 2.68. The van der Waals surface area contributed by atoms with E-state index in [0.717, 1.165) is 17.5 Å². The van der Waals surface area contributed by atoms with Gasteiger partial charge in [-0.2, -0.15) is 0 Å². The zero-order valence-corrected chi connectivity index (χ0v) is 13.3. The smallest absolute Gasteiger partial charge is 0.254 e. The monoisotopic (exact) mass is 314 g/mol. The van der Waals surface area contributed by atoms with Gasteiger partial charge in [0.1, 0.15) is 0 Å². The van der Waals surface area contributed by atoms with Gasteiger partial charge in [-0.05, 0) is 41.3 Å². The first kappa shape index (κ1) is 14.6. The Bertz CT molecular complexity index is 846. The molecule has 0 spiro atoms. The van der Waals surface area contributed by atoms with Gasteiger partial charge >= 0.3 is 0 Å². The van der Waals surface area contributed by atoms with Gasteiger partial charge in [0.2, 0.25) is 0 Å². The van der Waals surface area contributed by atoms with Gasteiger partial charge in [0.15, 0.2) is 0 Å². The lowest BCUT2D eigenvalue weighted by Gasteiger charge is -2.37. The highest BCUT2D eigenvalue weighted by atomic mass is 16.2. The van der Waals surface area contributed by atoms with Gasteiger partial charge in [-0.25, -0.2) is 0 Å². The van der Waals surface area contributed by atoms with Gasteiger partial charge in [-0.15, -0.1) is 0 Å². The Morgan fingerprint density at radius 2 is 1.75 bits per heavy atom. The second kappa shape index (κ2) is 6.28. The molecule has 1 aliphatic heterocycles. The van der Waals surface area contributed by atoms with E-state index in [1.165, 1.54) is 11.1 Å². The van der Waals surface area contributed by atoms with Gasteiger partial charge in [-0.1, -0.05) is 48.5 Å². The van der Waals surface area contributed by atoms with E-state index in [0.29, 0.717) is 6.54 Å². The molecule has 0 saturated heterocycles. The molecule has 0 aliphatic carbocycles. The van der Waals surface area contributed by atoms with Crippen molar-refractivity contribution in [3.63, 3.8) is 0 Å².